The first kappa shape index (κ1) is 22.8. The number of carbonyl (C=O) groups excluding carboxylic acids is 2. The van der Waals surface area contributed by atoms with E-state index >= 15 is 0 Å². The summed E-state index contributed by atoms with van der Waals surface area (Å²) in [6, 6.07) is 15.9. The Kier molecular flexibility index (Phi) is 6.96. The summed E-state index contributed by atoms with van der Waals surface area (Å²) in [4.78, 5) is 35.7. The molecule has 0 saturated heterocycles. The maximum atomic E-state index is 12.6. The lowest BCUT2D eigenvalue weighted by atomic mass is 9.98. The van der Waals surface area contributed by atoms with E-state index < -0.39 is 18.1 Å². The number of carboxylic acids is 1. The molecule has 0 bridgehead atoms. The van der Waals surface area contributed by atoms with Crippen molar-refractivity contribution in [2.24, 2.45) is 5.92 Å². The summed E-state index contributed by atoms with van der Waals surface area (Å²) < 4.78 is 5.65. The Balaban J connectivity index is 1.31. The number of fused-ring (bicyclic) bond motifs is 3. The van der Waals surface area contributed by atoms with Crippen molar-refractivity contribution in [1.82, 2.24) is 10.6 Å². The van der Waals surface area contributed by atoms with Crippen LogP contribution in [0.1, 0.15) is 56.1 Å². The normalized spacial score (nSPS) is 19.9. The van der Waals surface area contributed by atoms with E-state index in [1.54, 1.807) is 6.92 Å². The molecule has 174 valence electrons. The molecule has 7 heteroatoms. The molecule has 1 saturated carbocycles. The first-order valence-electron chi connectivity index (χ1n) is 11.5. The van der Waals surface area contributed by atoms with Gasteiger partial charge in [0.2, 0.25) is 5.91 Å². The number of amides is 2. The van der Waals surface area contributed by atoms with Crippen LogP contribution >= 0.6 is 0 Å². The average molecular weight is 451 g/mol. The van der Waals surface area contributed by atoms with Crippen LogP contribution in [-0.4, -0.2) is 41.8 Å². The molecule has 33 heavy (non-hydrogen) atoms. The minimum absolute atomic E-state index is 0.00373. The maximum absolute atomic E-state index is 12.6. The molecule has 2 aromatic carbocycles. The average Bonchev–Trinajstić information content (AvgIpc) is 3.33. The molecule has 2 aliphatic rings. The summed E-state index contributed by atoms with van der Waals surface area (Å²) in [5.74, 6) is -1.11. The van der Waals surface area contributed by atoms with E-state index in [0.717, 1.165) is 30.4 Å². The van der Waals surface area contributed by atoms with Crippen LogP contribution < -0.4 is 10.6 Å². The van der Waals surface area contributed by atoms with E-state index in [9.17, 15) is 14.4 Å². The number of benzene rings is 2. The number of carbonyl (C=O) groups is 3. The summed E-state index contributed by atoms with van der Waals surface area (Å²) in [5.41, 5.74) is 4.69. The van der Waals surface area contributed by atoms with Crippen LogP contribution in [0.4, 0.5) is 4.79 Å². The van der Waals surface area contributed by atoms with Crippen LogP contribution in [0.3, 0.4) is 0 Å². The van der Waals surface area contributed by atoms with Crippen LogP contribution in [0.15, 0.2) is 48.5 Å². The van der Waals surface area contributed by atoms with Gasteiger partial charge in [-0.2, -0.15) is 0 Å². The molecule has 0 radical (unpaired) electrons. The first-order valence-corrected chi connectivity index (χ1v) is 11.5. The second kappa shape index (κ2) is 10.1. The van der Waals surface area contributed by atoms with Crippen molar-refractivity contribution in [2.45, 2.75) is 57.0 Å². The second-order valence-electron chi connectivity index (χ2n) is 9.04. The summed E-state index contributed by atoms with van der Waals surface area (Å²) in [6.45, 7) is 1.93. The fourth-order valence-electron chi connectivity index (χ4n) is 5.15. The van der Waals surface area contributed by atoms with Gasteiger partial charge in [-0.1, -0.05) is 55.0 Å². The quantitative estimate of drug-likeness (QED) is 0.563. The Hall–Kier alpha value is -3.35. The summed E-state index contributed by atoms with van der Waals surface area (Å²) in [5, 5.41) is 14.5. The minimum atomic E-state index is -0.946. The number of hydrogen-bond donors (Lipinski definition) is 3. The number of aliphatic carboxylic acids is 1. The van der Waals surface area contributed by atoms with E-state index in [4.69, 9.17) is 9.84 Å². The number of rotatable bonds is 8. The zero-order chi connectivity index (χ0) is 23.4. The van der Waals surface area contributed by atoms with E-state index in [-0.39, 0.29) is 43.2 Å². The van der Waals surface area contributed by atoms with Gasteiger partial charge in [-0.25, -0.2) is 4.79 Å². The van der Waals surface area contributed by atoms with Crippen molar-refractivity contribution in [3.8, 4) is 11.1 Å². The molecule has 7 nitrogen and oxygen atoms in total. The largest absolute Gasteiger partial charge is 0.481 e. The van der Waals surface area contributed by atoms with Gasteiger partial charge in [-0.05, 0) is 47.9 Å². The monoisotopic (exact) mass is 450 g/mol. The Morgan fingerprint density at radius 1 is 1.03 bits per heavy atom. The third-order valence-electron chi connectivity index (χ3n) is 6.64. The highest BCUT2D eigenvalue weighted by Crippen LogP contribution is 2.44. The highest BCUT2D eigenvalue weighted by molar-refractivity contribution is 5.79. The molecule has 2 aliphatic carbocycles. The van der Waals surface area contributed by atoms with Crippen molar-refractivity contribution in [3.63, 3.8) is 0 Å². The van der Waals surface area contributed by atoms with Crippen molar-refractivity contribution in [3.05, 3.63) is 59.7 Å². The standard InChI is InChI=1S/C26H30N2O5/c1-16(13-25(30)31)27-24(29)14-17-7-6-12-23(17)28-26(32)33-15-22-20-10-4-2-8-18(20)19-9-3-5-11-21(19)22/h2-5,8-11,16-17,22-23H,6-7,12-15H2,1H3,(H,27,29)(H,28,32)(H,30,31)/t16-,17?,23?/m0/s1. The van der Waals surface area contributed by atoms with Crippen LogP contribution in [0, 0.1) is 5.92 Å². The van der Waals surface area contributed by atoms with Gasteiger partial charge in [0.05, 0.1) is 6.42 Å². The molecular formula is C26H30N2O5. The lowest BCUT2D eigenvalue weighted by Gasteiger charge is -2.22. The van der Waals surface area contributed by atoms with Gasteiger partial charge in [0.25, 0.3) is 0 Å². The third kappa shape index (κ3) is 5.35. The molecule has 2 aromatic rings. The summed E-state index contributed by atoms with van der Waals surface area (Å²) >= 11 is 0. The molecule has 0 aliphatic heterocycles. The third-order valence-corrected chi connectivity index (χ3v) is 6.64. The van der Waals surface area contributed by atoms with Gasteiger partial charge in [0.1, 0.15) is 6.61 Å². The Morgan fingerprint density at radius 3 is 2.30 bits per heavy atom. The molecule has 0 heterocycles. The van der Waals surface area contributed by atoms with Gasteiger partial charge >= 0.3 is 12.1 Å². The number of alkyl carbamates (subject to hydrolysis) is 1. The fraction of sp³-hybridized carbons (Fsp3) is 0.423. The van der Waals surface area contributed by atoms with Gasteiger partial charge in [-0.3, -0.25) is 9.59 Å². The molecule has 4 rings (SSSR count). The molecule has 3 atom stereocenters. The molecular weight excluding hydrogens is 420 g/mol. The van der Waals surface area contributed by atoms with Crippen LogP contribution in [0.2, 0.25) is 0 Å². The second-order valence-corrected chi connectivity index (χ2v) is 9.04. The SMILES string of the molecule is C[C@@H](CC(=O)O)NC(=O)CC1CCCC1NC(=O)OCC1c2ccccc2-c2ccccc21. The van der Waals surface area contributed by atoms with Crippen molar-refractivity contribution >= 4 is 18.0 Å². The van der Waals surface area contributed by atoms with Gasteiger partial charge in [0.15, 0.2) is 0 Å². The minimum Gasteiger partial charge on any atom is -0.481 e. The van der Waals surface area contributed by atoms with Gasteiger partial charge in [0, 0.05) is 24.4 Å². The smallest absolute Gasteiger partial charge is 0.407 e. The molecule has 2 amide bonds. The molecule has 0 spiro atoms. The number of ether oxygens (including phenoxy) is 1. The molecule has 1 fully saturated rings. The summed E-state index contributed by atoms with van der Waals surface area (Å²) in [7, 11) is 0. The molecule has 0 aromatic heterocycles. The Labute approximate surface area is 193 Å². The van der Waals surface area contributed by atoms with E-state index in [1.165, 1.54) is 11.1 Å². The van der Waals surface area contributed by atoms with Crippen LogP contribution in [0.5, 0.6) is 0 Å². The lowest BCUT2D eigenvalue weighted by Crippen LogP contribution is -2.41. The summed E-state index contributed by atoms with van der Waals surface area (Å²) in [6.07, 6.45) is 2.25. The van der Waals surface area contributed by atoms with Gasteiger partial charge < -0.3 is 20.5 Å². The number of nitrogens with one attached hydrogen (secondary N) is 2. The Bertz CT molecular complexity index is 991. The lowest BCUT2D eigenvalue weighted by molar-refractivity contribution is -0.137. The first-order chi connectivity index (χ1) is 15.9. The predicted octanol–water partition coefficient (Wildman–Crippen LogP) is 4.06. The highest BCUT2D eigenvalue weighted by Gasteiger charge is 2.32. The van der Waals surface area contributed by atoms with Crippen molar-refractivity contribution in [1.29, 1.82) is 0 Å². The van der Waals surface area contributed by atoms with Crippen LogP contribution in [-0.2, 0) is 14.3 Å². The zero-order valence-corrected chi connectivity index (χ0v) is 18.8. The van der Waals surface area contributed by atoms with E-state index in [0.29, 0.717) is 0 Å². The number of hydrogen-bond acceptors (Lipinski definition) is 4. The zero-order valence-electron chi connectivity index (χ0n) is 18.8. The maximum Gasteiger partial charge on any atom is 0.407 e. The topological polar surface area (TPSA) is 105 Å². The molecule has 2 unspecified atom stereocenters. The van der Waals surface area contributed by atoms with Gasteiger partial charge in [-0.15, -0.1) is 0 Å². The van der Waals surface area contributed by atoms with Crippen LogP contribution in [0.25, 0.3) is 11.1 Å². The number of carboxylic acid groups (broad SMARTS) is 1. The molecule has 3 N–H and O–H groups in total. The van der Waals surface area contributed by atoms with E-state index in [2.05, 4.69) is 34.9 Å². The fourth-order valence-corrected chi connectivity index (χ4v) is 5.15. The van der Waals surface area contributed by atoms with Crippen molar-refractivity contribution in [2.75, 3.05) is 6.61 Å². The van der Waals surface area contributed by atoms with Crippen molar-refractivity contribution < 1.29 is 24.2 Å². The Morgan fingerprint density at radius 2 is 1.67 bits per heavy atom. The predicted molar refractivity (Wildman–Crippen MR) is 124 cm³/mol. The van der Waals surface area contributed by atoms with E-state index in [1.807, 2.05) is 24.3 Å². The highest BCUT2D eigenvalue weighted by atomic mass is 16.5.